The fraction of sp³-hybridized carbons (Fsp3) is 0.333. The van der Waals surface area contributed by atoms with E-state index >= 15 is 0 Å². The third-order valence-electron chi connectivity index (χ3n) is 7.03. The molecule has 5 rings (SSSR count). The number of carbonyl (C=O) groups excluding carboxylic acids is 1. The summed E-state index contributed by atoms with van der Waals surface area (Å²) in [7, 11) is 0. The van der Waals surface area contributed by atoms with Crippen molar-refractivity contribution in [2.75, 3.05) is 18.5 Å². The lowest BCUT2D eigenvalue weighted by atomic mass is 9.85. The molecule has 0 bridgehead atoms. The Morgan fingerprint density at radius 1 is 1.29 bits per heavy atom. The summed E-state index contributed by atoms with van der Waals surface area (Å²) in [5, 5.41) is 25.7. The molecule has 2 atom stereocenters. The van der Waals surface area contributed by atoms with Crippen LogP contribution in [0.1, 0.15) is 47.9 Å². The number of carbonyl (C=O) groups is 2. The Morgan fingerprint density at radius 3 is 2.94 bits per heavy atom. The van der Waals surface area contributed by atoms with Crippen LogP contribution in [0.2, 0.25) is 0 Å². The van der Waals surface area contributed by atoms with Crippen LogP contribution < -0.4 is 15.5 Å². The van der Waals surface area contributed by atoms with Gasteiger partial charge in [0, 0.05) is 34.6 Å². The van der Waals surface area contributed by atoms with Gasteiger partial charge in [-0.15, -0.1) is 0 Å². The lowest BCUT2D eigenvalue weighted by Gasteiger charge is -2.27. The predicted octanol–water partition coefficient (Wildman–Crippen LogP) is 3.51. The SMILES string of the molecule is N#Cc1ccc(CCCC(=O)O)c(NC(=O)[C@@H]2C[C@]23CCOc2ccc(C4=NNCC=C4)cc23)c1. The van der Waals surface area contributed by atoms with Crippen LogP contribution in [-0.2, 0) is 21.4 Å². The molecule has 178 valence electrons. The van der Waals surface area contributed by atoms with Crippen LogP contribution in [0.3, 0.4) is 0 Å². The van der Waals surface area contributed by atoms with Crippen molar-refractivity contribution < 1.29 is 19.4 Å². The third kappa shape index (κ3) is 4.50. The van der Waals surface area contributed by atoms with E-state index in [4.69, 9.17) is 9.84 Å². The van der Waals surface area contributed by atoms with Gasteiger partial charge in [-0.3, -0.25) is 9.59 Å². The van der Waals surface area contributed by atoms with Gasteiger partial charge in [0.25, 0.3) is 0 Å². The van der Waals surface area contributed by atoms with Crippen molar-refractivity contribution in [3.05, 3.63) is 70.8 Å². The second-order valence-electron chi connectivity index (χ2n) is 9.20. The van der Waals surface area contributed by atoms with Gasteiger partial charge in [-0.1, -0.05) is 12.1 Å². The first kappa shape index (κ1) is 22.7. The van der Waals surface area contributed by atoms with Crippen LogP contribution in [0, 0.1) is 17.2 Å². The molecule has 3 aliphatic rings. The van der Waals surface area contributed by atoms with Gasteiger partial charge in [0.05, 0.1) is 30.5 Å². The number of rotatable bonds is 7. The van der Waals surface area contributed by atoms with Crippen molar-refractivity contribution in [1.82, 2.24) is 5.43 Å². The lowest BCUT2D eigenvalue weighted by molar-refractivity contribution is -0.137. The summed E-state index contributed by atoms with van der Waals surface area (Å²) < 4.78 is 5.91. The average molecular weight is 471 g/mol. The van der Waals surface area contributed by atoms with Crippen molar-refractivity contribution in [2.24, 2.45) is 11.0 Å². The highest BCUT2D eigenvalue weighted by molar-refractivity contribution is 6.09. The smallest absolute Gasteiger partial charge is 0.303 e. The van der Waals surface area contributed by atoms with E-state index in [-0.39, 0.29) is 23.7 Å². The highest BCUT2D eigenvalue weighted by Gasteiger charge is 2.61. The molecule has 35 heavy (non-hydrogen) atoms. The van der Waals surface area contributed by atoms with Crippen molar-refractivity contribution in [3.8, 4) is 11.8 Å². The Balaban J connectivity index is 1.37. The maximum absolute atomic E-state index is 13.4. The number of hydrogen-bond donors (Lipinski definition) is 3. The fourth-order valence-corrected chi connectivity index (χ4v) is 5.09. The summed E-state index contributed by atoms with van der Waals surface area (Å²) in [4.78, 5) is 24.3. The predicted molar refractivity (Wildman–Crippen MR) is 130 cm³/mol. The number of carboxylic acid groups (broad SMARTS) is 1. The zero-order chi connectivity index (χ0) is 24.4. The molecule has 2 aliphatic heterocycles. The van der Waals surface area contributed by atoms with Crippen molar-refractivity contribution in [2.45, 2.75) is 37.5 Å². The number of aliphatic carboxylic acids is 1. The first-order chi connectivity index (χ1) is 17.0. The van der Waals surface area contributed by atoms with Gasteiger partial charge in [0.2, 0.25) is 5.91 Å². The molecule has 8 nitrogen and oxygen atoms in total. The van der Waals surface area contributed by atoms with Gasteiger partial charge >= 0.3 is 5.97 Å². The van der Waals surface area contributed by atoms with Crippen LogP contribution >= 0.6 is 0 Å². The van der Waals surface area contributed by atoms with Crippen LogP contribution in [0.5, 0.6) is 5.75 Å². The van der Waals surface area contributed by atoms with Gasteiger partial charge in [0.1, 0.15) is 5.75 Å². The van der Waals surface area contributed by atoms with E-state index in [0.29, 0.717) is 37.2 Å². The van der Waals surface area contributed by atoms with E-state index in [1.165, 1.54) is 0 Å². The molecule has 3 N–H and O–H groups in total. The topological polar surface area (TPSA) is 124 Å². The lowest BCUT2D eigenvalue weighted by Crippen LogP contribution is -2.27. The van der Waals surface area contributed by atoms with Crippen LogP contribution in [-0.4, -0.2) is 35.8 Å². The van der Waals surface area contributed by atoms with E-state index in [1.54, 1.807) is 18.2 Å². The van der Waals surface area contributed by atoms with Gasteiger partial charge in [-0.2, -0.15) is 10.4 Å². The van der Waals surface area contributed by atoms with Gasteiger partial charge < -0.3 is 20.6 Å². The maximum atomic E-state index is 13.4. The number of fused-ring (bicyclic) bond motifs is 2. The van der Waals surface area contributed by atoms with E-state index in [2.05, 4.69) is 28.0 Å². The molecule has 0 saturated heterocycles. The molecule has 2 aromatic carbocycles. The zero-order valence-corrected chi connectivity index (χ0v) is 19.2. The van der Waals surface area contributed by atoms with Crippen molar-refractivity contribution in [3.63, 3.8) is 0 Å². The summed E-state index contributed by atoms with van der Waals surface area (Å²) >= 11 is 0. The second-order valence-corrected chi connectivity index (χ2v) is 9.20. The molecule has 8 heteroatoms. The van der Waals surface area contributed by atoms with E-state index in [1.807, 2.05) is 24.3 Å². The highest BCUT2D eigenvalue weighted by atomic mass is 16.5. The molecule has 1 saturated carbocycles. The number of nitriles is 1. The number of aryl methyl sites for hydroxylation is 1. The van der Waals surface area contributed by atoms with Gasteiger partial charge in [0.15, 0.2) is 0 Å². The molecule has 2 aromatic rings. The summed E-state index contributed by atoms with van der Waals surface area (Å²) in [6, 6.07) is 13.3. The number of anilines is 1. The standard InChI is InChI=1S/C27H26N4O4/c28-16-17-6-7-18(3-1-5-25(32)33)23(13-17)30-26(34)21-15-27(21)10-12-35-24-9-8-19(14-20(24)27)22-4-2-11-29-31-22/h2,4,6-9,13-14,21,29H,1,3,5,10-12,15H2,(H,30,34)(H,32,33)/t21-,27-/m0/s1. The van der Waals surface area contributed by atoms with Gasteiger partial charge in [-0.25, -0.2) is 0 Å². The van der Waals surface area contributed by atoms with Crippen molar-refractivity contribution >= 4 is 23.3 Å². The minimum atomic E-state index is -0.854. The first-order valence-corrected chi connectivity index (χ1v) is 11.8. The molecular weight excluding hydrogens is 444 g/mol. The summed E-state index contributed by atoms with van der Waals surface area (Å²) in [6.45, 7) is 1.26. The number of carboxylic acids is 1. The first-order valence-electron chi connectivity index (χ1n) is 11.8. The Kier molecular flexibility index (Phi) is 6.00. The Morgan fingerprint density at radius 2 is 2.17 bits per heavy atom. The summed E-state index contributed by atoms with van der Waals surface area (Å²) in [5.41, 5.74) is 7.43. The molecule has 2 heterocycles. The largest absolute Gasteiger partial charge is 0.493 e. The summed E-state index contributed by atoms with van der Waals surface area (Å²) in [5.74, 6) is -0.342. The molecule has 1 spiro atoms. The highest BCUT2D eigenvalue weighted by Crippen LogP contribution is 2.61. The number of hydrazone groups is 1. The van der Waals surface area contributed by atoms with E-state index in [0.717, 1.165) is 41.0 Å². The van der Waals surface area contributed by atoms with Crippen molar-refractivity contribution in [1.29, 1.82) is 5.26 Å². The molecule has 1 fully saturated rings. The zero-order valence-electron chi connectivity index (χ0n) is 19.2. The number of nitrogens with zero attached hydrogens (tertiary/aromatic N) is 2. The number of ether oxygens (including phenoxy) is 1. The number of nitrogens with one attached hydrogen (secondary N) is 2. The van der Waals surface area contributed by atoms with Gasteiger partial charge in [-0.05, 0) is 67.7 Å². The van der Waals surface area contributed by atoms with E-state index in [9.17, 15) is 14.9 Å². The Labute approximate surface area is 203 Å². The second kappa shape index (κ2) is 9.26. The molecular formula is C27H26N4O4. The average Bonchev–Trinajstić information content (AvgIpc) is 3.60. The number of amides is 1. The Bertz CT molecular complexity index is 1290. The summed E-state index contributed by atoms with van der Waals surface area (Å²) in [6.07, 6.45) is 6.50. The van der Waals surface area contributed by atoms with Crippen LogP contribution in [0.4, 0.5) is 5.69 Å². The number of allylic oxidation sites excluding steroid dienone is 1. The van der Waals surface area contributed by atoms with E-state index < -0.39 is 5.97 Å². The molecule has 1 amide bonds. The molecule has 0 unspecified atom stereocenters. The minimum absolute atomic E-state index is 0.0498. The fourth-order valence-electron chi connectivity index (χ4n) is 5.09. The molecule has 0 aromatic heterocycles. The monoisotopic (exact) mass is 470 g/mol. The third-order valence-corrected chi connectivity index (χ3v) is 7.03. The Hall–Kier alpha value is -4.12. The minimum Gasteiger partial charge on any atom is -0.493 e. The number of hydrogen-bond acceptors (Lipinski definition) is 6. The maximum Gasteiger partial charge on any atom is 0.303 e. The quantitative estimate of drug-likeness (QED) is 0.569. The van der Waals surface area contributed by atoms with Crippen LogP contribution in [0.25, 0.3) is 0 Å². The number of benzene rings is 2. The molecule has 1 aliphatic carbocycles. The normalized spacial score (nSPS) is 21.7. The van der Waals surface area contributed by atoms with Crippen LogP contribution in [0.15, 0.2) is 53.7 Å². The molecule has 0 radical (unpaired) electrons.